The van der Waals surface area contributed by atoms with Gasteiger partial charge in [-0.3, -0.25) is 4.57 Å². The Balaban J connectivity index is 2.37. The predicted octanol–water partition coefficient (Wildman–Crippen LogP) is 3.23. The molecule has 0 fully saturated rings. The van der Waals surface area contributed by atoms with Gasteiger partial charge in [0.15, 0.2) is 10.4 Å². The summed E-state index contributed by atoms with van der Waals surface area (Å²) in [6, 6.07) is 9.94. The van der Waals surface area contributed by atoms with Gasteiger partial charge in [0.2, 0.25) is 5.88 Å². The Morgan fingerprint density at radius 1 is 1.26 bits per heavy atom. The lowest BCUT2D eigenvalue weighted by molar-refractivity contribution is 0.399. The second kappa shape index (κ2) is 4.47. The highest BCUT2D eigenvalue weighted by molar-refractivity contribution is 7.71. The number of nitrogens with zero attached hydrogens (tertiary/aromatic N) is 2. The van der Waals surface area contributed by atoms with Gasteiger partial charge in [-0.1, -0.05) is 12.1 Å². The average molecular weight is 275 g/mol. The van der Waals surface area contributed by atoms with Crippen molar-refractivity contribution in [1.82, 2.24) is 14.5 Å². The minimum absolute atomic E-state index is 0.357. The maximum absolute atomic E-state index is 13.9. The topological polar surface area (TPSA) is 42.8 Å². The first-order valence-corrected chi connectivity index (χ1v) is 6.02. The van der Waals surface area contributed by atoms with Crippen molar-refractivity contribution in [2.45, 2.75) is 0 Å². The van der Waals surface area contributed by atoms with Gasteiger partial charge in [-0.15, -0.1) is 0 Å². The third-order valence-corrected chi connectivity index (χ3v) is 3.09. The summed E-state index contributed by atoms with van der Waals surface area (Å²) in [5.74, 6) is 0.0932. The maximum atomic E-state index is 13.9. The number of fused-ring (bicyclic) bond motifs is 1. The first-order valence-electron chi connectivity index (χ1n) is 5.61. The van der Waals surface area contributed by atoms with Crippen LogP contribution in [0.5, 0.6) is 5.88 Å². The Morgan fingerprint density at radius 2 is 2.05 bits per heavy atom. The molecule has 3 aromatic rings. The van der Waals surface area contributed by atoms with Crippen LogP contribution in [0.2, 0.25) is 0 Å². The molecule has 19 heavy (non-hydrogen) atoms. The molecule has 0 aliphatic rings. The molecule has 6 heteroatoms. The molecule has 0 bridgehead atoms. The van der Waals surface area contributed by atoms with Crippen molar-refractivity contribution in [1.29, 1.82) is 0 Å². The van der Waals surface area contributed by atoms with E-state index in [-0.39, 0.29) is 5.82 Å². The highest BCUT2D eigenvalue weighted by Gasteiger charge is 2.12. The van der Waals surface area contributed by atoms with Crippen LogP contribution in [0.1, 0.15) is 0 Å². The number of pyridine rings is 1. The van der Waals surface area contributed by atoms with Gasteiger partial charge in [0.1, 0.15) is 5.82 Å². The van der Waals surface area contributed by atoms with Crippen LogP contribution in [0.4, 0.5) is 4.39 Å². The van der Waals surface area contributed by atoms with Crippen LogP contribution in [0.3, 0.4) is 0 Å². The zero-order valence-electron chi connectivity index (χ0n) is 10.1. The highest BCUT2D eigenvalue weighted by atomic mass is 32.1. The lowest BCUT2D eigenvalue weighted by Crippen LogP contribution is -1.99. The first kappa shape index (κ1) is 11.9. The molecule has 96 valence electrons. The number of imidazole rings is 1. The fraction of sp³-hybridized carbons (Fsp3) is 0.0769. The van der Waals surface area contributed by atoms with E-state index >= 15 is 0 Å². The van der Waals surface area contributed by atoms with E-state index in [1.54, 1.807) is 34.9 Å². The summed E-state index contributed by atoms with van der Waals surface area (Å²) in [6.07, 6.45) is 0. The molecule has 0 radical (unpaired) electrons. The molecule has 0 amide bonds. The van der Waals surface area contributed by atoms with E-state index in [2.05, 4.69) is 9.97 Å². The van der Waals surface area contributed by atoms with Crippen LogP contribution in [-0.2, 0) is 0 Å². The molecule has 0 atom stereocenters. The molecule has 0 spiro atoms. The number of nitrogens with one attached hydrogen (secondary N) is 1. The van der Waals surface area contributed by atoms with E-state index < -0.39 is 0 Å². The number of benzene rings is 1. The van der Waals surface area contributed by atoms with Crippen molar-refractivity contribution in [2.75, 3.05) is 7.11 Å². The number of hydrogen-bond acceptors (Lipinski definition) is 3. The van der Waals surface area contributed by atoms with Crippen LogP contribution < -0.4 is 4.74 Å². The third-order valence-electron chi connectivity index (χ3n) is 2.81. The molecule has 1 N–H and O–H groups in total. The van der Waals surface area contributed by atoms with Crippen molar-refractivity contribution in [3.8, 4) is 11.6 Å². The Bertz CT molecular complexity index is 809. The zero-order chi connectivity index (χ0) is 13.4. The maximum Gasteiger partial charge on any atom is 0.215 e. The van der Waals surface area contributed by atoms with Crippen LogP contribution in [0, 0.1) is 10.6 Å². The number of rotatable bonds is 2. The van der Waals surface area contributed by atoms with Crippen LogP contribution in [0.25, 0.3) is 16.9 Å². The van der Waals surface area contributed by atoms with Gasteiger partial charge in [-0.05, 0) is 30.4 Å². The Hall–Kier alpha value is -2.21. The van der Waals surface area contributed by atoms with Crippen LogP contribution in [-0.4, -0.2) is 21.6 Å². The molecule has 0 aliphatic carbocycles. The van der Waals surface area contributed by atoms with Crippen molar-refractivity contribution < 1.29 is 9.13 Å². The summed E-state index contributed by atoms with van der Waals surface area (Å²) in [4.78, 5) is 7.31. The predicted molar refractivity (Wildman–Crippen MR) is 72.8 cm³/mol. The van der Waals surface area contributed by atoms with Gasteiger partial charge in [0, 0.05) is 6.07 Å². The first-order chi connectivity index (χ1) is 9.20. The monoisotopic (exact) mass is 275 g/mol. The number of halogens is 1. The number of para-hydroxylation sites is 1. The van der Waals surface area contributed by atoms with E-state index in [0.29, 0.717) is 22.0 Å². The zero-order valence-corrected chi connectivity index (χ0v) is 10.9. The van der Waals surface area contributed by atoms with Gasteiger partial charge >= 0.3 is 0 Å². The minimum Gasteiger partial charge on any atom is -0.481 e. The number of ether oxygens (including phenoxy) is 1. The quantitative estimate of drug-likeness (QED) is 0.730. The molecular formula is C13H10FN3OS. The van der Waals surface area contributed by atoms with Gasteiger partial charge in [-0.25, -0.2) is 4.39 Å². The van der Waals surface area contributed by atoms with Crippen LogP contribution in [0.15, 0.2) is 36.4 Å². The van der Waals surface area contributed by atoms with Crippen molar-refractivity contribution in [2.24, 2.45) is 0 Å². The lowest BCUT2D eigenvalue weighted by atomic mass is 10.3. The molecule has 1 aromatic carbocycles. The Morgan fingerprint density at radius 3 is 2.79 bits per heavy atom. The van der Waals surface area contributed by atoms with Gasteiger partial charge in [0.05, 0.1) is 18.3 Å². The minimum atomic E-state index is -0.357. The van der Waals surface area contributed by atoms with Crippen molar-refractivity contribution >= 4 is 23.4 Å². The summed E-state index contributed by atoms with van der Waals surface area (Å²) in [7, 11) is 1.53. The molecule has 4 nitrogen and oxygen atoms in total. The summed E-state index contributed by atoms with van der Waals surface area (Å²) in [5.41, 5.74) is 1.63. The lowest BCUT2D eigenvalue weighted by Gasteiger charge is -2.05. The van der Waals surface area contributed by atoms with Gasteiger partial charge < -0.3 is 9.72 Å². The highest BCUT2D eigenvalue weighted by Crippen LogP contribution is 2.22. The molecule has 0 saturated carbocycles. The Labute approximate surface area is 113 Å². The van der Waals surface area contributed by atoms with Gasteiger partial charge in [0.25, 0.3) is 0 Å². The molecule has 3 rings (SSSR count). The molecule has 0 saturated heterocycles. The van der Waals surface area contributed by atoms with E-state index in [9.17, 15) is 4.39 Å². The SMILES string of the molecule is COc1ccc2[nH]c(=S)n(-c3ccccc3F)c2n1. The smallest absolute Gasteiger partial charge is 0.215 e. The fourth-order valence-corrected chi connectivity index (χ4v) is 2.23. The number of aromatic nitrogens is 3. The summed E-state index contributed by atoms with van der Waals surface area (Å²) < 4.78 is 20.9. The van der Waals surface area contributed by atoms with E-state index in [1.807, 2.05) is 0 Å². The molecule has 2 aromatic heterocycles. The average Bonchev–Trinajstić information content (AvgIpc) is 2.74. The van der Waals surface area contributed by atoms with Crippen molar-refractivity contribution in [3.05, 3.63) is 47.0 Å². The van der Waals surface area contributed by atoms with E-state index in [0.717, 1.165) is 5.52 Å². The number of methoxy groups -OCH3 is 1. The van der Waals surface area contributed by atoms with E-state index in [4.69, 9.17) is 17.0 Å². The molecular weight excluding hydrogens is 265 g/mol. The number of H-pyrrole nitrogens is 1. The van der Waals surface area contributed by atoms with Crippen LogP contribution >= 0.6 is 12.2 Å². The molecule has 0 unspecified atom stereocenters. The number of aromatic amines is 1. The fourth-order valence-electron chi connectivity index (χ4n) is 1.94. The summed E-state index contributed by atoms with van der Waals surface area (Å²) in [5, 5.41) is 0. The Kier molecular flexibility index (Phi) is 2.79. The largest absolute Gasteiger partial charge is 0.481 e. The number of hydrogen-bond donors (Lipinski definition) is 1. The summed E-state index contributed by atoms with van der Waals surface area (Å²) >= 11 is 5.23. The summed E-state index contributed by atoms with van der Waals surface area (Å²) in [6.45, 7) is 0. The molecule has 0 aliphatic heterocycles. The standard InChI is InChI=1S/C13H10FN3OS/c1-18-11-7-6-9-12(16-11)17(13(19)15-9)10-5-3-2-4-8(10)14/h2-7H,1H3,(H,15,19). The normalized spacial score (nSPS) is 10.8. The third kappa shape index (κ3) is 1.90. The second-order valence-electron chi connectivity index (χ2n) is 3.94. The van der Waals surface area contributed by atoms with E-state index in [1.165, 1.54) is 13.2 Å². The van der Waals surface area contributed by atoms with Gasteiger partial charge in [-0.2, -0.15) is 4.98 Å². The molecule has 2 heterocycles. The van der Waals surface area contributed by atoms with Crippen molar-refractivity contribution in [3.63, 3.8) is 0 Å². The second-order valence-corrected chi connectivity index (χ2v) is 4.33.